The van der Waals surface area contributed by atoms with Crippen LogP contribution >= 0.6 is 0 Å². The van der Waals surface area contributed by atoms with E-state index in [0.717, 1.165) is 0 Å². The molecule has 0 unspecified atom stereocenters. The molecule has 3 nitrogen and oxygen atoms in total. The van der Waals surface area contributed by atoms with Crippen LogP contribution in [0.4, 0.5) is 0 Å². The fourth-order valence-corrected chi connectivity index (χ4v) is 0.0722. The Morgan fingerprint density at radius 1 is 1.33 bits per heavy atom. The molecule has 1 N–H and O–H groups in total. The van der Waals surface area contributed by atoms with Crippen molar-refractivity contribution < 1.29 is 63.4 Å². The number of nitrogens with one attached hydrogen (secondary N) is 1. The summed E-state index contributed by atoms with van der Waals surface area (Å²) in [6, 6.07) is 0. The van der Waals surface area contributed by atoms with Crippen molar-refractivity contribution in [1.82, 2.24) is 5.32 Å². The molecule has 0 saturated heterocycles. The summed E-state index contributed by atoms with van der Waals surface area (Å²) in [7, 11) is 0. The van der Waals surface area contributed by atoms with Crippen molar-refractivity contribution in [3.63, 3.8) is 0 Å². The van der Waals surface area contributed by atoms with Crippen LogP contribution in [-0.4, -0.2) is 19.2 Å². The van der Waals surface area contributed by atoms with Crippen LogP contribution in [0.5, 0.6) is 0 Å². The molecule has 0 aliphatic carbocycles. The topological polar surface area (TPSA) is 46.2 Å². The van der Waals surface area contributed by atoms with Crippen LogP contribution in [0, 0.1) is 7.43 Å². The molecule has 0 fully saturated rings. The molecular weight excluding hydrogens is 367 g/mol. The second-order valence-electron chi connectivity index (χ2n) is 0.600. The Balaban J connectivity index is -0.0000000417. The Morgan fingerprint density at radius 2 is 1.78 bits per heavy atom. The monoisotopic (exact) mass is 373 g/mol. The first-order valence-corrected chi connectivity index (χ1v) is 1.37. The van der Waals surface area contributed by atoms with Crippen LogP contribution in [-0.2, 0) is 63.4 Å². The van der Waals surface area contributed by atoms with E-state index in [9.17, 15) is 4.79 Å². The minimum atomic E-state index is -0.0660. The normalized spacial score (nSPS) is 4.44. The zero-order chi connectivity index (χ0) is 4.83. The number of hydrogen-bond acceptors (Lipinski definition) is 2. The van der Waals surface area contributed by atoms with E-state index in [4.69, 9.17) is 4.79 Å². The van der Waals surface area contributed by atoms with Gasteiger partial charge in [-0.1, -0.05) is 0 Å². The Morgan fingerprint density at radius 3 is 1.89 bits per heavy atom. The van der Waals surface area contributed by atoms with Crippen molar-refractivity contribution in [1.29, 1.82) is 0 Å². The number of hydrogen-bond donors (Lipinski definition) is 1. The van der Waals surface area contributed by atoms with E-state index in [1.807, 2.05) is 5.32 Å². The first-order chi connectivity index (χ1) is 2.91. The van der Waals surface area contributed by atoms with Gasteiger partial charge >= 0.3 is 21.1 Å². The van der Waals surface area contributed by atoms with Crippen molar-refractivity contribution >= 4 is 12.7 Å². The number of carbonyl (C=O) groups excluding carboxylic acids is 2. The van der Waals surface area contributed by atoms with E-state index >= 15 is 0 Å². The first kappa shape index (κ1) is 22.5. The molecule has 0 aromatic carbocycles. The number of amides is 1. The molecule has 0 saturated carbocycles. The summed E-state index contributed by atoms with van der Waals surface area (Å²) < 4.78 is 0. The average molecular weight is 373 g/mol. The van der Waals surface area contributed by atoms with Crippen LogP contribution in [0.15, 0.2) is 0 Å². The third kappa shape index (κ3) is 27.8. The minimum absolute atomic E-state index is 0. The molecule has 0 bridgehead atoms. The van der Waals surface area contributed by atoms with E-state index in [1.165, 1.54) is 12.7 Å². The molecule has 0 aliphatic rings. The molecule has 1 amide bonds. The molecule has 0 atom stereocenters. The van der Waals surface area contributed by atoms with Crippen molar-refractivity contribution in [2.24, 2.45) is 0 Å². The first-order valence-electron chi connectivity index (χ1n) is 1.37. The fourth-order valence-electron chi connectivity index (χ4n) is 0.0722. The van der Waals surface area contributed by atoms with Gasteiger partial charge in [0, 0.05) is 32.7 Å². The maximum Gasteiger partial charge on any atom is 2.00 e. The van der Waals surface area contributed by atoms with Crippen LogP contribution in [0.2, 0.25) is 0 Å². The van der Waals surface area contributed by atoms with E-state index < -0.39 is 0 Å². The molecule has 1 radical (unpaired) electrons. The fraction of sp³-hybridized carbons (Fsp3) is 0.250. The zero-order valence-corrected chi connectivity index (χ0v) is 10.8. The van der Waals surface area contributed by atoms with Gasteiger partial charge in [-0.3, -0.25) is 0 Å². The average Bonchev–Trinajstić information content (AvgIpc) is 1.61. The molecule has 0 heterocycles. The Labute approximate surface area is 94.5 Å². The van der Waals surface area contributed by atoms with Gasteiger partial charge in [0.25, 0.3) is 0 Å². The van der Waals surface area contributed by atoms with Crippen molar-refractivity contribution in [3.05, 3.63) is 7.43 Å². The van der Waals surface area contributed by atoms with E-state index in [1.54, 1.807) is 0 Å². The van der Waals surface area contributed by atoms with Crippen molar-refractivity contribution in [2.45, 2.75) is 0 Å². The van der Waals surface area contributed by atoms with Crippen LogP contribution in [0.3, 0.4) is 0 Å². The molecule has 5 heteroatoms. The summed E-state index contributed by atoms with van der Waals surface area (Å²) in [6.45, 7) is -0.0660. The van der Waals surface area contributed by atoms with Gasteiger partial charge in [-0.25, -0.2) is 6.29 Å². The summed E-state index contributed by atoms with van der Waals surface area (Å²) in [6.07, 6.45) is 2.75. The standard InChI is InChI=1S/C3H3NO2.CH3.W.Y/c5-2-1-4-3-6;;;/h1H2,(H,4,6);1H3;;/q-2;-1;+2;. The third-order valence-electron chi connectivity index (χ3n) is 0.233. The Hall–Kier alpha value is 0.932. The van der Waals surface area contributed by atoms with Gasteiger partial charge in [-0.2, -0.15) is 6.41 Å². The predicted molar refractivity (Wildman–Crippen MR) is 25.8 cm³/mol. The van der Waals surface area contributed by atoms with Crippen molar-refractivity contribution in [3.8, 4) is 0 Å². The van der Waals surface area contributed by atoms with Crippen LogP contribution in [0.1, 0.15) is 0 Å². The number of rotatable bonds is 3. The van der Waals surface area contributed by atoms with E-state index in [2.05, 4.69) is 0 Å². The predicted octanol–water partition coefficient (Wildman–Crippen LogP) is -0.802. The minimum Gasteiger partial charge on any atom is -0.551 e. The SMILES string of the molecule is O=[C-]CN[C-]=O.[CH3-].[W+2].[Y]. The van der Waals surface area contributed by atoms with Crippen LogP contribution in [0.25, 0.3) is 0 Å². The van der Waals surface area contributed by atoms with Gasteiger partial charge < -0.3 is 22.3 Å². The Bertz CT molecular complexity index is 54.5. The molecule has 0 aliphatic heterocycles. The molecule has 0 rings (SSSR count). The third-order valence-corrected chi connectivity index (χ3v) is 0.233. The summed E-state index contributed by atoms with van der Waals surface area (Å²) in [5.41, 5.74) is 0. The maximum absolute atomic E-state index is 9.20. The second-order valence-corrected chi connectivity index (χ2v) is 0.600. The molecule has 49 valence electrons. The smallest absolute Gasteiger partial charge is 0.551 e. The van der Waals surface area contributed by atoms with E-state index in [-0.39, 0.29) is 67.7 Å². The quantitative estimate of drug-likeness (QED) is 0.400. The second kappa shape index (κ2) is 23.1. The van der Waals surface area contributed by atoms with Gasteiger partial charge in [0.05, 0.1) is 0 Å². The van der Waals surface area contributed by atoms with Gasteiger partial charge in [0.15, 0.2) is 0 Å². The summed E-state index contributed by atoms with van der Waals surface area (Å²) in [5.74, 6) is 0. The summed E-state index contributed by atoms with van der Waals surface area (Å²) in [4.78, 5) is 18.3. The Kier molecular flexibility index (Phi) is 57.8. The molecule has 9 heavy (non-hydrogen) atoms. The van der Waals surface area contributed by atoms with Crippen LogP contribution < -0.4 is 5.32 Å². The maximum atomic E-state index is 9.20. The zero-order valence-electron chi connectivity index (χ0n) is 5.01. The molecular formula is C4H6NO2WY-. The van der Waals surface area contributed by atoms with Gasteiger partial charge in [0.2, 0.25) is 0 Å². The molecule has 0 aromatic rings. The molecule has 0 spiro atoms. The largest absolute Gasteiger partial charge is 2.00 e. The van der Waals surface area contributed by atoms with Crippen molar-refractivity contribution in [2.75, 3.05) is 6.54 Å². The summed E-state index contributed by atoms with van der Waals surface area (Å²) in [5, 5.41) is 1.97. The van der Waals surface area contributed by atoms with E-state index in [0.29, 0.717) is 0 Å². The molecule has 0 aromatic heterocycles. The van der Waals surface area contributed by atoms with Gasteiger partial charge in [0.1, 0.15) is 0 Å². The van der Waals surface area contributed by atoms with Gasteiger partial charge in [-0.05, 0) is 0 Å². The summed E-state index contributed by atoms with van der Waals surface area (Å²) >= 11 is 0. The van der Waals surface area contributed by atoms with Gasteiger partial charge in [-0.15, -0.1) is 6.54 Å².